The summed E-state index contributed by atoms with van der Waals surface area (Å²) in [7, 11) is 0. The summed E-state index contributed by atoms with van der Waals surface area (Å²) >= 11 is 0. The minimum absolute atomic E-state index is 0.110. The number of aromatic nitrogens is 2. The van der Waals surface area contributed by atoms with Crippen LogP contribution in [-0.2, 0) is 12.8 Å². The fraction of sp³-hybridized carbons (Fsp3) is 0.174. The van der Waals surface area contributed by atoms with E-state index in [1.807, 2.05) is 0 Å². The highest BCUT2D eigenvalue weighted by molar-refractivity contribution is 6.06. The van der Waals surface area contributed by atoms with Gasteiger partial charge in [0, 0.05) is 12.1 Å². The number of alkyl halides is 3. The largest absolute Gasteiger partial charge is 0.485 e. The lowest BCUT2D eigenvalue weighted by atomic mass is 10.1. The number of nitrogens with one attached hydrogen (secondary N) is 1. The van der Waals surface area contributed by atoms with Crippen LogP contribution in [0.4, 0.5) is 18.9 Å². The first-order chi connectivity index (χ1) is 15.6. The number of halogens is 3. The third-order valence-electron chi connectivity index (χ3n) is 4.76. The predicted molar refractivity (Wildman–Crippen MR) is 113 cm³/mol. The highest BCUT2D eigenvalue weighted by Gasteiger charge is 2.35. The molecule has 4 aromatic rings. The topological polar surface area (TPSA) is 85.8 Å². The van der Waals surface area contributed by atoms with Gasteiger partial charge in [-0.3, -0.25) is 9.59 Å². The number of benzene rings is 2. The second-order valence-electron chi connectivity index (χ2n) is 7.37. The van der Waals surface area contributed by atoms with E-state index in [-0.39, 0.29) is 18.0 Å². The lowest BCUT2D eigenvalue weighted by Gasteiger charge is -2.15. The molecule has 2 aromatic carbocycles. The van der Waals surface area contributed by atoms with Gasteiger partial charge in [-0.05, 0) is 43.7 Å². The number of nitrogens with zero attached hydrogens (tertiary/aromatic N) is 2. The fourth-order valence-electron chi connectivity index (χ4n) is 3.28. The standard InChI is InChI=1S/C23H18F3N3O4/c1-13-7-8-19(32-12-15-11-21(30)29-20(27-15)10-14(2)33-29)18(9-13)28-22(31)16-5-3-4-6-17(16)23(24,25)26/h3-11H,12H2,1-2H3,(H,28,31). The molecule has 1 N–H and O–H groups in total. The van der Waals surface area contributed by atoms with Crippen LogP contribution in [0.2, 0.25) is 0 Å². The number of carbonyl (C=O) groups excluding carboxylic acids is 1. The molecule has 1 amide bonds. The van der Waals surface area contributed by atoms with Gasteiger partial charge in [-0.25, -0.2) is 4.98 Å². The van der Waals surface area contributed by atoms with Crippen LogP contribution in [0.1, 0.15) is 32.9 Å². The van der Waals surface area contributed by atoms with Gasteiger partial charge in [0.2, 0.25) is 0 Å². The number of hydrogen-bond acceptors (Lipinski definition) is 5. The molecular formula is C23H18F3N3O4. The summed E-state index contributed by atoms with van der Waals surface area (Å²) < 4.78 is 51.9. The van der Waals surface area contributed by atoms with Crippen LogP contribution in [0, 0.1) is 13.8 Å². The number of amides is 1. The molecule has 0 saturated carbocycles. The monoisotopic (exact) mass is 457 g/mol. The van der Waals surface area contributed by atoms with Crippen molar-refractivity contribution in [1.29, 1.82) is 0 Å². The highest BCUT2D eigenvalue weighted by atomic mass is 19.4. The van der Waals surface area contributed by atoms with Crippen molar-refractivity contribution in [3.05, 3.63) is 93.1 Å². The van der Waals surface area contributed by atoms with Gasteiger partial charge in [-0.1, -0.05) is 18.2 Å². The summed E-state index contributed by atoms with van der Waals surface area (Å²) in [5, 5.41) is 2.50. The number of hydrogen-bond donors (Lipinski definition) is 1. The van der Waals surface area contributed by atoms with Crippen LogP contribution in [0.25, 0.3) is 5.65 Å². The van der Waals surface area contributed by atoms with Crippen molar-refractivity contribution >= 4 is 17.2 Å². The maximum Gasteiger partial charge on any atom is 0.417 e. The van der Waals surface area contributed by atoms with E-state index in [1.165, 1.54) is 18.2 Å². The van der Waals surface area contributed by atoms with E-state index in [0.717, 1.165) is 22.3 Å². The number of aryl methyl sites for hydroxylation is 2. The van der Waals surface area contributed by atoms with E-state index in [0.29, 0.717) is 17.1 Å². The molecular weight excluding hydrogens is 439 g/mol. The first-order valence-electron chi connectivity index (χ1n) is 9.82. The lowest BCUT2D eigenvalue weighted by Crippen LogP contribution is -2.19. The zero-order valence-electron chi connectivity index (χ0n) is 17.6. The zero-order chi connectivity index (χ0) is 23.8. The minimum atomic E-state index is -4.68. The smallest absolute Gasteiger partial charge is 0.417 e. The van der Waals surface area contributed by atoms with E-state index >= 15 is 0 Å². The summed E-state index contributed by atoms with van der Waals surface area (Å²) in [6.45, 7) is 3.34. The molecule has 0 aliphatic rings. The number of ether oxygens (including phenoxy) is 1. The van der Waals surface area contributed by atoms with E-state index in [1.54, 1.807) is 38.1 Å². The molecule has 0 saturated heterocycles. The van der Waals surface area contributed by atoms with Gasteiger partial charge in [0.1, 0.15) is 18.1 Å². The summed E-state index contributed by atoms with van der Waals surface area (Å²) in [5.74, 6) is -0.200. The number of fused-ring (bicyclic) bond motifs is 1. The number of anilines is 1. The molecule has 2 aromatic heterocycles. The quantitative estimate of drug-likeness (QED) is 0.467. The summed E-state index contributed by atoms with van der Waals surface area (Å²) in [6, 6.07) is 12.3. The van der Waals surface area contributed by atoms with Crippen molar-refractivity contribution < 1.29 is 27.2 Å². The first kappa shape index (κ1) is 22.1. The molecule has 10 heteroatoms. The van der Waals surface area contributed by atoms with Crippen LogP contribution in [0.5, 0.6) is 5.75 Å². The van der Waals surface area contributed by atoms with Crippen molar-refractivity contribution in [2.24, 2.45) is 0 Å². The summed E-state index contributed by atoms with van der Waals surface area (Å²) in [6.07, 6.45) is -4.68. The SMILES string of the molecule is Cc1ccc(OCc2cc(=O)n3oc(C)cc3n2)c(NC(=O)c2ccccc2C(F)(F)F)c1. The second-order valence-corrected chi connectivity index (χ2v) is 7.37. The molecule has 0 bridgehead atoms. The normalized spacial score (nSPS) is 11.5. The Labute approximate surface area is 185 Å². The Morgan fingerprint density at radius 3 is 2.64 bits per heavy atom. The van der Waals surface area contributed by atoms with Gasteiger partial charge in [0.05, 0.1) is 22.5 Å². The van der Waals surface area contributed by atoms with Gasteiger partial charge >= 0.3 is 6.18 Å². The van der Waals surface area contributed by atoms with Crippen molar-refractivity contribution in [3.63, 3.8) is 0 Å². The molecule has 0 spiro atoms. The Balaban J connectivity index is 1.59. The van der Waals surface area contributed by atoms with Gasteiger partial charge in [-0.2, -0.15) is 13.2 Å². The van der Waals surface area contributed by atoms with Crippen molar-refractivity contribution in [2.75, 3.05) is 5.32 Å². The maximum absolute atomic E-state index is 13.3. The molecule has 0 fully saturated rings. The van der Waals surface area contributed by atoms with Crippen molar-refractivity contribution in [3.8, 4) is 5.75 Å². The third-order valence-corrected chi connectivity index (χ3v) is 4.76. The van der Waals surface area contributed by atoms with E-state index in [2.05, 4.69) is 10.3 Å². The Morgan fingerprint density at radius 1 is 1.12 bits per heavy atom. The molecule has 7 nitrogen and oxygen atoms in total. The Morgan fingerprint density at radius 2 is 1.88 bits per heavy atom. The van der Waals surface area contributed by atoms with Crippen molar-refractivity contribution in [1.82, 2.24) is 9.56 Å². The number of rotatable bonds is 5. The van der Waals surface area contributed by atoms with Crippen molar-refractivity contribution in [2.45, 2.75) is 26.6 Å². The Kier molecular flexibility index (Phi) is 5.67. The highest BCUT2D eigenvalue weighted by Crippen LogP contribution is 2.33. The van der Waals surface area contributed by atoms with Crippen LogP contribution in [0.15, 0.2) is 63.9 Å². The van der Waals surface area contributed by atoms with Gasteiger partial charge in [0.25, 0.3) is 11.5 Å². The van der Waals surface area contributed by atoms with Crippen LogP contribution < -0.4 is 15.6 Å². The fourth-order valence-corrected chi connectivity index (χ4v) is 3.28. The van der Waals surface area contributed by atoms with E-state index in [4.69, 9.17) is 9.26 Å². The molecule has 0 aliphatic heterocycles. The van der Waals surface area contributed by atoms with Gasteiger partial charge < -0.3 is 14.6 Å². The Bertz CT molecular complexity index is 1410. The molecule has 0 aliphatic carbocycles. The summed E-state index contributed by atoms with van der Waals surface area (Å²) in [5.41, 5.74) is -0.380. The maximum atomic E-state index is 13.3. The van der Waals surface area contributed by atoms with Crippen LogP contribution in [0.3, 0.4) is 0 Å². The summed E-state index contributed by atoms with van der Waals surface area (Å²) in [4.78, 5) is 29.2. The van der Waals surface area contributed by atoms with Crippen LogP contribution >= 0.6 is 0 Å². The molecule has 170 valence electrons. The molecule has 33 heavy (non-hydrogen) atoms. The minimum Gasteiger partial charge on any atom is -0.485 e. The van der Waals surface area contributed by atoms with E-state index in [9.17, 15) is 22.8 Å². The van der Waals surface area contributed by atoms with E-state index < -0.39 is 28.8 Å². The molecule has 0 unspecified atom stereocenters. The first-order valence-corrected chi connectivity index (χ1v) is 9.82. The Hall–Kier alpha value is -4.08. The second kappa shape index (κ2) is 8.45. The third kappa shape index (κ3) is 4.74. The lowest BCUT2D eigenvalue weighted by molar-refractivity contribution is -0.137. The average molecular weight is 457 g/mol. The average Bonchev–Trinajstić information content (AvgIpc) is 3.13. The molecule has 2 heterocycles. The predicted octanol–water partition coefficient (Wildman–Crippen LogP) is 4.75. The molecule has 4 rings (SSSR count). The molecule has 0 atom stereocenters. The number of carbonyl (C=O) groups is 1. The van der Waals surface area contributed by atoms with Gasteiger partial charge in [-0.15, -0.1) is 4.57 Å². The molecule has 0 radical (unpaired) electrons. The van der Waals surface area contributed by atoms with Crippen LogP contribution in [-0.4, -0.2) is 15.5 Å². The zero-order valence-corrected chi connectivity index (χ0v) is 17.6. The van der Waals surface area contributed by atoms with Gasteiger partial charge in [0.15, 0.2) is 5.65 Å².